The molecule has 2 N–H and O–H groups in total. The van der Waals surface area contributed by atoms with E-state index in [1.54, 1.807) is 12.1 Å². The number of rotatable bonds is 6. The van der Waals surface area contributed by atoms with Gasteiger partial charge in [-0.05, 0) is 37.8 Å². The summed E-state index contributed by atoms with van der Waals surface area (Å²) in [5.41, 5.74) is 1.11. The van der Waals surface area contributed by atoms with E-state index in [0.29, 0.717) is 5.75 Å². The molecule has 102 valence electrons. The summed E-state index contributed by atoms with van der Waals surface area (Å²) in [4.78, 5) is 22.6. The minimum Gasteiger partial charge on any atom is -0.484 e. The number of amides is 1. The Balaban J connectivity index is 1.80. The molecule has 1 aromatic rings. The van der Waals surface area contributed by atoms with Gasteiger partial charge in [0, 0.05) is 0 Å². The van der Waals surface area contributed by atoms with Gasteiger partial charge in [-0.2, -0.15) is 0 Å². The Morgan fingerprint density at radius 2 is 2.00 bits per heavy atom. The molecule has 1 saturated carbocycles. The molecule has 1 aliphatic carbocycles. The third kappa shape index (κ3) is 3.98. The molecular formula is C14H17NO4. The Bertz CT molecular complexity index is 465. The number of carboxylic acid groups (broad SMARTS) is 1. The first-order chi connectivity index (χ1) is 9.06. The van der Waals surface area contributed by atoms with E-state index in [1.807, 2.05) is 19.1 Å². The number of hydrogen-bond donors (Lipinski definition) is 2. The van der Waals surface area contributed by atoms with Gasteiger partial charge in [0.05, 0.1) is 0 Å². The molecule has 0 heterocycles. The Morgan fingerprint density at radius 1 is 1.37 bits per heavy atom. The topological polar surface area (TPSA) is 75.6 Å². The van der Waals surface area contributed by atoms with Crippen LogP contribution < -0.4 is 10.1 Å². The van der Waals surface area contributed by atoms with Crippen molar-refractivity contribution in [1.82, 2.24) is 5.32 Å². The van der Waals surface area contributed by atoms with Crippen LogP contribution in [0.15, 0.2) is 24.3 Å². The first-order valence-electron chi connectivity index (χ1n) is 6.28. The van der Waals surface area contributed by atoms with Crippen LogP contribution in [-0.2, 0) is 9.59 Å². The molecule has 0 spiro atoms. The Hall–Kier alpha value is -2.04. The minimum atomic E-state index is -0.980. The van der Waals surface area contributed by atoms with Crippen LogP contribution in [0.25, 0.3) is 0 Å². The van der Waals surface area contributed by atoms with Gasteiger partial charge in [-0.15, -0.1) is 0 Å². The molecule has 1 aromatic carbocycles. The first kappa shape index (κ1) is 13.4. The molecule has 0 radical (unpaired) electrons. The zero-order chi connectivity index (χ0) is 13.8. The van der Waals surface area contributed by atoms with Crippen LogP contribution in [0.1, 0.15) is 18.4 Å². The monoisotopic (exact) mass is 263 g/mol. The van der Waals surface area contributed by atoms with Crippen molar-refractivity contribution in [2.45, 2.75) is 25.8 Å². The third-order valence-electron chi connectivity index (χ3n) is 3.07. The zero-order valence-corrected chi connectivity index (χ0v) is 10.8. The lowest BCUT2D eigenvalue weighted by Gasteiger charge is -2.13. The predicted octanol–water partition coefficient (Wildman–Crippen LogP) is 1.35. The van der Waals surface area contributed by atoms with Crippen LogP contribution in [0.5, 0.6) is 5.75 Å². The molecule has 0 unspecified atom stereocenters. The van der Waals surface area contributed by atoms with E-state index in [9.17, 15) is 9.59 Å². The summed E-state index contributed by atoms with van der Waals surface area (Å²) in [6, 6.07) is 6.54. The van der Waals surface area contributed by atoms with Gasteiger partial charge in [-0.1, -0.05) is 17.7 Å². The largest absolute Gasteiger partial charge is 0.484 e. The highest BCUT2D eigenvalue weighted by Gasteiger charge is 2.37. The smallest absolute Gasteiger partial charge is 0.326 e. The third-order valence-corrected chi connectivity index (χ3v) is 3.07. The number of ether oxygens (including phenoxy) is 1. The van der Waals surface area contributed by atoms with Crippen molar-refractivity contribution in [3.05, 3.63) is 29.8 Å². The number of benzene rings is 1. The molecule has 1 amide bonds. The average Bonchev–Trinajstić information content (AvgIpc) is 3.19. The molecule has 1 atom stereocenters. The van der Waals surface area contributed by atoms with E-state index in [4.69, 9.17) is 9.84 Å². The highest BCUT2D eigenvalue weighted by atomic mass is 16.5. The van der Waals surface area contributed by atoms with Gasteiger partial charge in [-0.25, -0.2) is 4.79 Å². The second-order valence-corrected chi connectivity index (χ2v) is 4.82. The van der Waals surface area contributed by atoms with E-state index in [-0.39, 0.29) is 12.5 Å². The molecular weight excluding hydrogens is 246 g/mol. The van der Waals surface area contributed by atoms with Crippen LogP contribution in [0.4, 0.5) is 0 Å². The molecule has 5 heteroatoms. The van der Waals surface area contributed by atoms with Crippen molar-refractivity contribution < 1.29 is 19.4 Å². The Labute approximate surface area is 111 Å². The highest BCUT2D eigenvalue weighted by Crippen LogP contribution is 2.32. The summed E-state index contributed by atoms with van der Waals surface area (Å²) in [5, 5.41) is 11.5. The predicted molar refractivity (Wildman–Crippen MR) is 69.0 cm³/mol. The molecule has 0 bridgehead atoms. The van der Waals surface area contributed by atoms with Crippen molar-refractivity contribution in [3.63, 3.8) is 0 Å². The average molecular weight is 263 g/mol. The van der Waals surface area contributed by atoms with Gasteiger partial charge in [0.25, 0.3) is 5.91 Å². The summed E-state index contributed by atoms with van der Waals surface area (Å²) in [6.07, 6.45) is 1.71. The van der Waals surface area contributed by atoms with Crippen LogP contribution in [0, 0.1) is 12.8 Å². The second kappa shape index (κ2) is 5.73. The minimum absolute atomic E-state index is 0.0702. The summed E-state index contributed by atoms with van der Waals surface area (Å²) in [6.45, 7) is 1.79. The number of carbonyl (C=O) groups is 2. The lowest BCUT2D eigenvalue weighted by Crippen LogP contribution is -2.44. The van der Waals surface area contributed by atoms with Crippen molar-refractivity contribution in [1.29, 1.82) is 0 Å². The quantitative estimate of drug-likeness (QED) is 0.812. The number of aryl methyl sites for hydroxylation is 1. The zero-order valence-electron chi connectivity index (χ0n) is 10.8. The molecule has 19 heavy (non-hydrogen) atoms. The fourth-order valence-electron chi connectivity index (χ4n) is 1.81. The maximum Gasteiger partial charge on any atom is 0.326 e. The summed E-state index contributed by atoms with van der Waals surface area (Å²) < 4.78 is 5.30. The van der Waals surface area contributed by atoms with Gasteiger partial charge < -0.3 is 15.2 Å². The van der Waals surface area contributed by atoms with Crippen molar-refractivity contribution in [2.24, 2.45) is 5.92 Å². The normalized spacial score (nSPS) is 15.6. The highest BCUT2D eigenvalue weighted by molar-refractivity contribution is 5.84. The Morgan fingerprint density at radius 3 is 2.53 bits per heavy atom. The van der Waals surface area contributed by atoms with Crippen molar-refractivity contribution in [2.75, 3.05) is 6.61 Å². The summed E-state index contributed by atoms with van der Waals surface area (Å²) in [5.74, 6) is -0.717. The van der Waals surface area contributed by atoms with E-state index < -0.39 is 17.9 Å². The number of aliphatic carboxylic acids is 1. The van der Waals surface area contributed by atoms with E-state index >= 15 is 0 Å². The van der Waals surface area contributed by atoms with Crippen molar-refractivity contribution >= 4 is 11.9 Å². The standard InChI is InChI=1S/C14H17NO4/c1-9-2-6-11(7-3-9)19-8-12(16)15-13(14(17)18)10-4-5-10/h2-3,6-7,10,13H,4-5,8H2,1H3,(H,15,16)(H,17,18)/t13-/m0/s1. The number of hydrogen-bond acceptors (Lipinski definition) is 3. The molecule has 5 nitrogen and oxygen atoms in total. The summed E-state index contributed by atoms with van der Waals surface area (Å²) in [7, 11) is 0. The van der Waals surface area contributed by atoms with Crippen LogP contribution in [0.3, 0.4) is 0 Å². The van der Waals surface area contributed by atoms with Gasteiger partial charge >= 0.3 is 5.97 Å². The molecule has 2 rings (SSSR count). The van der Waals surface area contributed by atoms with Crippen LogP contribution >= 0.6 is 0 Å². The molecule has 0 saturated heterocycles. The van der Waals surface area contributed by atoms with Crippen molar-refractivity contribution in [3.8, 4) is 5.75 Å². The maximum absolute atomic E-state index is 11.6. The molecule has 0 aromatic heterocycles. The molecule has 0 aliphatic heterocycles. The van der Waals surface area contributed by atoms with Crippen LogP contribution in [-0.4, -0.2) is 29.6 Å². The van der Waals surface area contributed by atoms with Gasteiger partial charge in [0.2, 0.25) is 0 Å². The number of nitrogens with one attached hydrogen (secondary N) is 1. The number of carbonyl (C=O) groups excluding carboxylic acids is 1. The fraction of sp³-hybridized carbons (Fsp3) is 0.429. The maximum atomic E-state index is 11.6. The van der Waals surface area contributed by atoms with E-state index in [0.717, 1.165) is 18.4 Å². The van der Waals surface area contributed by atoms with E-state index in [1.165, 1.54) is 0 Å². The van der Waals surface area contributed by atoms with Gasteiger partial charge in [0.1, 0.15) is 11.8 Å². The van der Waals surface area contributed by atoms with E-state index in [2.05, 4.69) is 5.32 Å². The molecule has 1 aliphatic rings. The van der Waals surface area contributed by atoms with Crippen LogP contribution in [0.2, 0.25) is 0 Å². The number of carboxylic acids is 1. The molecule has 1 fully saturated rings. The second-order valence-electron chi connectivity index (χ2n) is 4.82. The first-order valence-corrected chi connectivity index (χ1v) is 6.28. The Kier molecular flexibility index (Phi) is 4.04. The fourth-order valence-corrected chi connectivity index (χ4v) is 1.81. The SMILES string of the molecule is Cc1ccc(OCC(=O)N[C@H](C(=O)O)C2CC2)cc1. The lowest BCUT2D eigenvalue weighted by molar-refractivity contribution is -0.142. The lowest BCUT2D eigenvalue weighted by atomic mass is 10.2. The van der Waals surface area contributed by atoms with Gasteiger partial charge in [0.15, 0.2) is 6.61 Å². The summed E-state index contributed by atoms with van der Waals surface area (Å²) >= 11 is 0. The van der Waals surface area contributed by atoms with Gasteiger partial charge in [-0.3, -0.25) is 4.79 Å².